The monoisotopic (exact) mass is 223 g/mol. The molecule has 5 heteroatoms. The van der Waals surface area contributed by atoms with Gasteiger partial charge in [0.25, 0.3) is 0 Å². The van der Waals surface area contributed by atoms with Gasteiger partial charge in [0.1, 0.15) is 5.82 Å². The molecular weight excluding hydrogens is 206 g/mol. The molecule has 0 bridgehead atoms. The van der Waals surface area contributed by atoms with Crippen LogP contribution in [0, 0.1) is 0 Å². The average Bonchev–Trinajstić information content (AvgIpc) is 2.39. The normalized spacial score (nSPS) is 20.5. The van der Waals surface area contributed by atoms with Crippen molar-refractivity contribution < 1.29 is 9.47 Å². The van der Waals surface area contributed by atoms with Gasteiger partial charge in [-0.3, -0.25) is 0 Å². The smallest absolute Gasteiger partial charge is 0.220 e. The number of rotatable bonds is 3. The van der Waals surface area contributed by atoms with Crippen LogP contribution in [0.2, 0.25) is 0 Å². The van der Waals surface area contributed by atoms with Crippen LogP contribution in [0.15, 0.2) is 6.07 Å². The van der Waals surface area contributed by atoms with Gasteiger partial charge in [0, 0.05) is 12.5 Å². The summed E-state index contributed by atoms with van der Waals surface area (Å²) in [5.41, 5.74) is 0. The fourth-order valence-electron chi connectivity index (χ4n) is 1.88. The average molecular weight is 223 g/mol. The Morgan fingerprint density at radius 1 is 1.25 bits per heavy atom. The summed E-state index contributed by atoms with van der Waals surface area (Å²) in [6.45, 7) is 2.01. The molecule has 0 amide bonds. The lowest BCUT2D eigenvalue weighted by molar-refractivity contribution is 0.359. The van der Waals surface area contributed by atoms with Gasteiger partial charge in [0.15, 0.2) is 0 Å². The summed E-state index contributed by atoms with van der Waals surface area (Å²) in [6.07, 6.45) is 2.27. The highest BCUT2D eigenvalue weighted by molar-refractivity contribution is 5.22. The second kappa shape index (κ2) is 5.12. The highest BCUT2D eigenvalue weighted by Gasteiger charge is 2.19. The van der Waals surface area contributed by atoms with Crippen LogP contribution in [0.3, 0.4) is 0 Å². The minimum absolute atomic E-state index is 0.359. The number of hydrogen-bond acceptors (Lipinski definition) is 5. The zero-order chi connectivity index (χ0) is 11.4. The molecule has 0 aliphatic carbocycles. The van der Waals surface area contributed by atoms with Crippen molar-refractivity contribution >= 4 is 0 Å². The van der Waals surface area contributed by atoms with Crippen molar-refractivity contribution in [3.63, 3.8) is 0 Å². The van der Waals surface area contributed by atoms with E-state index in [1.54, 1.807) is 20.3 Å². The van der Waals surface area contributed by atoms with Crippen LogP contribution >= 0.6 is 0 Å². The first-order valence-electron chi connectivity index (χ1n) is 5.51. The molecular formula is C11H17N3O2. The Kier molecular flexibility index (Phi) is 3.56. The molecule has 5 nitrogen and oxygen atoms in total. The number of methoxy groups -OCH3 is 2. The lowest BCUT2D eigenvalue weighted by Crippen LogP contribution is -2.29. The molecule has 2 rings (SSSR count). The van der Waals surface area contributed by atoms with Gasteiger partial charge in [-0.2, -0.15) is 9.97 Å². The van der Waals surface area contributed by atoms with Gasteiger partial charge >= 0.3 is 0 Å². The molecule has 1 aromatic heterocycles. The zero-order valence-corrected chi connectivity index (χ0v) is 9.69. The molecule has 1 aliphatic rings. The molecule has 0 spiro atoms. The van der Waals surface area contributed by atoms with E-state index in [2.05, 4.69) is 15.3 Å². The van der Waals surface area contributed by atoms with Crippen LogP contribution in [0.4, 0.5) is 0 Å². The molecule has 1 aliphatic heterocycles. The summed E-state index contributed by atoms with van der Waals surface area (Å²) in [4.78, 5) is 8.74. The van der Waals surface area contributed by atoms with E-state index in [0.717, 1.165) is 31.8 Å². The molecule has 0 radical (unpaired) electrons. The molecule has 2 heterocycles. The summed E-state index contributed by atoms with van der Waals surface area (Å²) in [7, 11) is 3.20. The molecule has 1 saturated heterocycles. The van der Waals surface area contributed by atoms with Crippen molar-refractivity contribution in [1.29, 1.82) is 0 Å². The fraction of sp³-hybridized carbons (Fsp3) is 0.636. The molecule has 1 atom stereocenters. The summed E-state index contributed by atoms with van der Waals surface area (Å²) in [5, 5.41) is 3.35. The highest BCUT2D eigenvalue weighted by Crippen LogP contribution is 2.24. The summed E-state index contributed by atoms with van der Waals surface area (Å²) in [5.74, 6) is 2.29. The van der Waals surface area contributed by atoms with E-state index in [1.807, 2.05) is 0 Å². The lowest BCUT2D eigenvalue weighted by Gasteiger charge is -2.21. The van der Waals surface area contributed by atoms with Gasteiger partial charge in [-0.25, -0.2) is 0 Å². The van der Waals surface area contributed by atoms with Crippen LogP contribution in [-0.2, 0) is 0 Å². The van der Waals surface area contributed by atoms with Gasteiger partial charge in [-0.1, -0.05) is 0 Å². The number of nitrogens with zero attached hydrogens (tertiary/aromatic N) is 2. The third kappa shape index (κ3) is 2.41. The molecule has 1 N–H and O–H groups in total. The maximum atomic E-state index is 5.14. The predicted octanol–water partition coefficient (Wildman–Crippen LogP) is 0.961. The summed E-state index contributed by atoms with van der Waals surface area (Å²) in [6, 6.07) is 1.69. The minimum atomic E-state index is 0.359. The fourth-order valence-corrected chi connectivity index (χ4v) is 1.88. The van der Waals surface area contributed by atoms with Crippen molar-refractivity contribution in [2.45, 2.75) is 18.8 Å². The Morgan fingerprint density at radius 2 is 1.94 bits per heavy atom. The van der Waals surface area contributed by atoms with Crippen LogP contribution in [0.25, 0.3) is 0 Å². The maximum Gasteiger partial charge on any atom is 0.220 e. The third-order valence-electron chi connectivity index (χ3n) is 2.78. The van der Waals surface area contributed by atoms with E-state index in [9.17, 15) is 0 Å². The van der Waals surface area contributed by atoms with E-state index in [4.69, 9.17) is 9.47 Å². The summed E-state index contributed by atoms with van der Waals surface area (Å²) < 4.78 is 10.3. The van der Waals surface area contributed by atoms with Crippen molar-refractivity contribution in [3.8, 4) is 11.8 Å². The SMILES string of the molecule is COc1cc(OC)nc(C2CCCNC2)n1. The predicted molar refractivity (Wildman–Crippen MR) is 60.0 cm³/mol. The highest BCUT2D eigenvalue weighted by atomic mass is 16.5. The van der Waals surface area contributed by atoms with Gasteiger partial charge in [0.2, 0.25) is 11.8 Å². The summed E-state index contributed by atoms with van der Waals surface area (Å²) >= 11 is 0. The number of aromatic nitrogens is 2. The van der Waals surface area contributed by atoms with E-state index >= 15 is 0 Å². The molecule has 0 aromatic carbocycles. The topological polar surface area (TPSA) is 56.3 Å². The van der Waals surface area contributed by atoms with Gasteiger partial charge in [0.05, 0.1) is 20.3 Å². The quantitative estimate of drug-likeness (QED) is 0.827. The molecule has 16 heavy (non-hydrogen) atoms. The molecule has 1 fully saturated rings. The first-order chi connectivity index (χ1) is 7.83. The van der Waals surface area contributed by atoms with Gasteiger partial charge in [-0.05, 0) is 19.4 Å². The van der Waals surface area contributed by atoms with Crippen LogP contribution in [-0.4, -0.2) is 37.3 Å². The molecule has 1 aromatic rings. The third-order valence-corrected chi connectivity index (χ3v) is 2.78. The molecule has 1 unspecified atom stereocenters. The lowest BCUT2D eigenvalue weighted by atomic mass is 9.99. The molecule has 0 saturated carbocycles. The van der Waals surface area contributed by atoms with Crippen molar-refractivity contribution in [2.24, 2.45) is 0 Å². The number of piperidine rings is 1. The van der Waals surface area contributed by atoms with Gasteiger partial charge < -0.3 is 14.8 Å². The van der Waals surface area contributed by atoms with Crippen molar-refractivity contribution in [1.82, 2.24) is 15.3 Å². The maximum absolute atomic E-state index is 5.14. The van der Waals surface area contributed by atoms with Crippen LogP contribution < -0.4 is 14.8 Å². The number of ether oxygens (including phenoxy) is 2. The number of nitrogens with one attached hydrogen (secondary N) is 1. The Balaban J connectivity index is 2.24. The first kappa shape index (κ1) is 11.1. The second-order valence-corrected chi connectivity index (χ2v) is 3.85. The largest absolute Gasteiger partial charge is 0.481 e. The van der Waals surface area contributed by atoms with Crippen LogP contribution in [0.1, 0.15) is 24.6 Å². The second-order valence-electron chi connectivity index (χ2n) is 3.85. The van der Waals surface area contributed by atoms with E-state index in [0.29, 0.717) is 17.7 Å². The Labute approximate surface area is 95.2 Å². The Bertz CT molecular complexity index is 329. The zero-order valence-electron chi connectivity index (χ0n) is 9.69. The van der Waals surface area contributed by atoms with E-state index < -0.39 is 0 Å². The standard InChI is InChI=1S/C11H17N3O2/c1-15-9-6-10(16-2)14-11(13-9)8-4-3-5-12-7-8/h6,8,12H,3-5,7H2,1-2H3. The van der Waals surface area contributed by atoms with Crippen molar-refractivity contribution in [2.75, 3.05) is 27.3 Å². The number of hydrogen-bond donors (Lipinski definition) is 1. The Morgan fingerprint density at radius 3 is 2.44 bits per heavy atom. The minimum Gasteiger partial charge on any atom is -0.481 e. The van der Waals surface area contributed by atoms with E-state index in [1.165, 1.54) is 0 Å². The van der Waals surface area contributed by atoms with Crippen LogP contribution in [0.5, 0.6) is 11.8 Å². The van der Waals surface area contributed by atoms with E-state index in [-0.39, 0.29) is 0 Å². The molecule has 88 valence electrons. The first-order valence-corrected chi connectivity index (χ1v) is 5.51. The Hall–Kier alpha value is -1.36. The van der Waals surface area contributed by atoms with Gasteiger partial charge in [-0.15, -0.1) is 0 Å². The van der Waals surface area contributed by atoms with Crippen molar-refractivity contribution in [3.05, 3.63) is 11.9 Å².